The minimum Gasteiger partial charge on any atom is -0.383 e. The fourth-order valence-corrected chi connectivity index (χ4v) is 2.25. The molecule has 0 amide bonds. The maximum Gasteiger partial charge on any atom is 0.158 e. The highest BCUT2D eigenvalue weighted by Gasteiger charge is 2.17. The number of rotatable bonds is 5. The van der Waals surface area contributed by atoms with E-state index in [4.69, 9.17) is 16.3 Å². The Morgan fingerprint density at radius 3 is 2.76 bits per heavy atom. The Hall–Kier alpha value is -1.07. The lowest BCUT2D eigenvalue weighted by molar-refractivity contribution is 0.187. The summed E-state index contributed by atoms with van der Waals surface area (Å²) in [6.07, 6.45) is 0.875. The Bertz CT molecular complexity index is 517. The van der Waals surface area contributed by atoms with Crippen molar-refractivity contribution in [2.24, 2.45) is 7.05 Å². The van der Waals surface area contributed by atoms with E-state index >= 15 is 0 Å². The van der Waals surface area contributed by atoms with Gasteiger partial charge in [-0.15, -0.1) is 11.6 Å². The molecular formula is C11H17ClN4O. The number of alkyl halides is 1. The molecule has 6 heteroatoms. The molecule has 0 saturated carbocycles. The number of halogens is 1. The molecule has 0 aliphatic carbocycles. The Morgan fingerprint density at radius 1 is 1.41 bits per heavy atom. The number of hydrogen-bond donors (Lipinski definition) is 0. The molecule has 94 valence electrons. The second-order valence-corrected chi connectivity index (χ2v) is 4.17. The maximum absolute atomic E-state index is 5.93. The van der Waals surface area contributed by atoms with Crippen molar-refractivity contribution in [1.82, 2.24) is 19.3 Å². The van der Waals surface area contributed by atoms with Crippen molar-refractivity contribution in [3.63, 3.8) is 0 Å². The average molecular weight is 257 g/mol. The van der Waals surface area contributed by atoms with E-state index < -0.39 is 0 Å². The third kappa shape index (κ3) is 2.05. The van der Waals surface area contributed by atoms with E-state index in [0.717, 1.165) is 35.6 Å². The van der Waals surface area contributed by atoms with Crippen LogP contribution in [0.1, 0.15) is 18.4 Å². The Balaban J connectivity index is 2.57. The summed E-state index contributed by atoms with van der Waals surface area (Å²) in [4.78, 5) is 4.57. The van der Waals surface area contributed by atoms with E-state index in [1.54, 1.807) is 7.11 Å². The van der Waals surface area contributed by atoms with Crippen LogP contribution in [0, 0.1) is 0 Å². The fraction of sp³-hybridized carbons (Fsp3) is 0.636. The Morgan fingerprint density at radius 2 is 2.18 bits per heavy atom. The molecule has 0 unspecified atom stereocenters. The van der Waals surface area contributed by atoms with E-state index in [2.05, 4.69) is 21.6 Å². The second kappa shape index (κ2) is 5.06. The predicted octanol–water partition coefficient (Wildman–Crippen LogP) is 1.72. The van der Waals surface area contributed by atoms with Gasteiger partial charge in [0.2, 0.25) is 0 Å². The lowest BCUT2D eigenvalue weighted by Gasteiger charge is -2.06. The van der Waals surface area contributed by atoms with Crippen LogP contribution in [-0.2, 0) is 30.6 Å². The van der Waals surface area contributed by atoms with Gasteiger partial charge in [-0.2, -0.15) is 5.10 Å². The molecule has 0 aliphatic rings. The molecule has 0 spiro atoms. The molecule has 2 heterocycles. The molecule has 2 aromatic heterocycles. The molecule has 17 heavy (non-hydrogen) atoms. The molecule has 0 N–H and O–H groups in total. The monoisotopic (exact) mass is 256 g/mol. The van der Waals surface area contributed by atoms with Crippen LogP contribution < -0.4 is 0 Å². The smallest absolute Gasteiger partial charge is 0.158 e. The largest absolute Gasteiger partial charge is 0.383 e. The van der Waals surface area contributed by atoms with Crippen LogP contribution in [0.4, 0.5) is 0 Å². The van der Waals surface area contributed by atoms with Crippen LogP contribution in [0.2, 0.25) is 0 Å². The van der Waals surface area contributed by atoms with Crippen molar-refractivity contribution in [2.75, 3.05) is 13.7 Å². The lowest BCUT2D eigenvalue weighted by Crippen LogP contribution is -2.10. The van der Waals surface area contributed by atoms with Gasteiger partial charge >= 0.3 is 0 Å². The summed E-state index contributed by atoms with van der Waals surface area (Å²) in [5.74, 6) is 1.28. The van der Waals surface area contributed by atoms with Crippen molar-refractivity contribution in [2.45, 2.75) is 25.8 Å². The molecule has 0 saturated heterocycles. The summed E-state index contributed by atoms with van der Waals surface area (Å²) in [6, 6.07) is 0. The SMILES string of the molecule is CCc1nn(C)c2c1nc(CCl)n2CCOC. The quantitative estimate of drug-likeness (QED) is 0.765. The third-order valence-corrected chi connectivity index (χ3v) is 3.08. The first-order valence-electron chi connectivity index (χ1n) is 5.68. The van der Waals surface area contributed by atoms with E-state index in [1.807, 2.05) is 11.7 Å². The molecular weight excluding hydrogens is 240 g/mol. The first-order chi connectivity index (χ1) is 8.22. The molecule has 0 bridgehead atoms. The van der Waals surface area contributed by atoms with Gasteiger partial charge in [0.15, 0.2) is 5.65 Å². The first kappa shape index (κ1) is 12.4. The van der Waals surface area contributed by atoms with Gasteiger partial charge in [0.05, 0.1) is 18.2 Å². The minimum absolute atomic E-state index is 0.404. The topological polar surface area (TPSA) is 44.9 Å². The maximum atomic E-state index is 5.93. The van der Waals surface area contributed by atoms with Crippen LogP contribution in [0.3, 0.4) is 0 Å². The van der Waals surface area contributed by atoms with E-state index in [9.17, 15) is 0 Å². The standard InChI is InChI=1S/C11H17ClN4O/c1-4-8-10-11(15(2)14-8)16(5-6-17-3)9(7-12)13-10/h4-7H2,1-3H3. The molecule has 0 aromatic carbocycles. The van der Waals surface area contributed by atoms with Gasteiger partial charge in [-0.1, -0.05) is 6.92 Å². The number of aromatic nitrogens is 4. The number of fused-ring (bicyclic) bond motifs is 1. The van der Waals surface area contributed by atoms with Crippen molar-refractivity contribution in [3.05, 3.63) is 11.5 Å². The van der Waals surface area contributed by atoms with E-state index in [1.165, 1.54) is 0 Å². The fourth-order valence-electron chi connectivity index (χ4n) is 2.04. The molecule has 0 fully saturated rings. The Kier molecular flexibility index (Phi) is 3.69. The summed E-state index contributed by atoms with van der Waals surface area (Å²) in [7, 11) is 3.62. The van der Waals surface area contributed by atoms with Gasteiger partial charge in [-0.05, 0) is 6.42 Å². The normalized spacial score (nSPS) is 11.5. The molecule has 2 rings (SSSR count). The van der Waals surface area contributed by atoms with Crippen LogP contribution in [0.25, 0.3) is 11.2 Å². The van der Waals surface area contributed by atoms with Gasteiger partial charge in [0.1, 0.15) is 11.3 Å². The van der Waals surface area contributed by atoms with Crippen molar-refractivity contribution in [1.29, 1.82) is 0 Å². The molecule has 0 aliphatic heterocycles. The molecule has 0 atom stereocenters. The summed E-state index contributed by atoms with van der Waals surface area (Å²) in [6.45, 7) is 3.47. The van der Waals surface area contributed by atoms with Crippen LogP contribution in [0.5, 0.6) is 0 Å². The number of methoxy groups -OCH3 is 1. The highest BCUT2D eigenvalue weighted by Crippen LogP contribution is 2.20. The molecule has 5 nitrogen and oxygen atoms in total. The number of aryl methyl sites for hydroxylation is 2. The Labute approximate surface area is 105 Å². The number of hydrogen-bond acceptors (Lipinski definition) is 3. The first-order valence-corrected chi connectivity index (χ1v) is 6.22. The van der Waals surface area contributed by atoms with Crippen molar-refractivity contribution in [3.8, 4) is 0 Å². The van der Waals surface area contributed by atoms with Gasteiger partial charge in [0, 0.05) is 20.7 Å². The minimum atomic E-state index is 0.404. The van der Waals surface area contributed by atoms with Crippen LogP contribution >= 0.6 is 11.6 Å². The molecule has 0 radical (unpaired) electrons. The summed E-state index contributed by atoms with van der Waals surface area (Å²) in [5, 5.41) is 4.46. The lowest BCUT2D eigenvalue weighted by atomic mass is 10.3. The summed E-state index contributed by atoms with van der Waals surface area (Å²) >= 11 is 5.93. The zero-order valence-corrected chi connectivity index (χ0v) is 11.2. The summed E-state index contributed by atoms with van der Waals surface area (Å²) in [5.41, 5.74) is 3.00. The third-order valence-electron chi connectivity index (χ3n) is 2.84. The zero-order valence-electron chi connectivity index (χ0n) is 10.4. The van der Waals surface area contributed by atoms with Crippen molar-refractivity contribution >= 4 is 22.8 Å². The number of nitrogens with zero attached hydrogens (tertiary/aromatic N) is 4. The average Bonchev–Trinajstić information content (AvgIpc) is 2.84. The highest BCUT2D eigenvalue weighted by atomic mass is 35.5. The number of imidazole rings is 1. The highest BCUT2D eigenvalue weighted by molar-refractivity contribution is 6.16. The summed E-state index contributed by atoms with van der Waals surface area (Å²) < 4.78 is 9.06. The van der Waals surface area contributed by atoms with Gasteiger partial charge in [-0.25, -0.2) is 4.98 Å². The zero-order chi connectivity index (χ0) is 12.4. The second-order valence-electron chi connectivity index (χ2n) is 3.90. The van der Waals surface area contributed by atoms with Gasteiger partial charge in [-0.3, -0.25) is 4.68 Å². The van der Waals surface area contributed by atoms with Crippen molar-refractivity contribution < 1.29 is 4.74 Å². The predicted molar refractivity (Wildman–Crippen MR) is 67.3 cm³/mol. The van der Waals surface area contributed by atoms with Gasteiger partial charge < -0.3 is 9.30 Å². The van der Waals surface area contributed by atoms with E-state index in [-0.39, 0.29) is 0 Å². The van der Waals surface area contributed by atoms with Crippen LogP contribution in [0.15, 0.2) is 0 Å². The number of ether oxygens (including phenoxy) is 1. The van der Waals surface area contributed by atoms with Crippen LogP contribution in [-0.4, -0.2) is 33.0 Å². The van der Waals surface area contributed by atoms with Gasteiger partial charge in [0.25, 0.3) is 0 Å². The van der Waals surface area contributed by atoms with E-state index in [0.29, 0.717) is 12.5 Å². The molecule has 2 aromatic rings.